The summed E-state index contributed by atoms with van der Waals surface area (Å²) in [6, 6.07) is 7.68. The minimum atomic E-state index is -0.357. The maximum Gasteiger partial charge on any atom is 0.257 e. The van der Waals surface area contributed by atoms with Crippen LogP contribution in [0.3, 0.4) is 0 Å². The fourth-order valence-corrected chi connectivity index (χ4v) is 1.62. The summed E-state index contributed by atoms with van der Waals surface area (Å²) in [5.41, 5.74) is 6.15. The molecule has 0 spiro atoms. The second kappa shape index (κ2) is 4.92. The molecule has 0 amide bonds. The topological polar surface area (TPSA) is 94.5 Å². The van der Waals surface area contributed by atoms with Crippen molar-refractivity contribution in [3.63, 3.8) is 0 Å². The summed E-state index contributed by atoms with van der Waals surface area (Å²) >= 11 is 0. The third kappa shape index (κ3) is 2.53. The summed E-state index contributed by atoms with van der Waals surface area (Å²) in [6.45, 7) is 0. The number of nitrogen functional groups attached to an aromatic ring is 1. The highest BCUT2D eigenvalue weighted by atomic mass is 19.1. The molecule has 1 aromatic carbocycles. The Labute approximate surface area is 113 Å². The van der Waals surface area contributed by atoms with Crippen molar-refractivity contribution in [1.29, 1.82) is 0 Å². The average Bonchev–Trinajstić information content (AvgIpc) is 2.91. The highest BCUT2D eigenvalue weighted by molar-refractivity contribution is 5.54. The minimum absolute atomic E-state index is 0.0457. The van der Waals surface area contributed by atoms with Gasteiger partial charge in [0.1, 0.15) is 5.82 Å². The number of anilines is 3. The Bertz CT molecular complexity index is 726. The molecular weight excluding hydrogens is 261 g/mol. The molecule has 2 aromatic heterocycles. The summed E-state index contributed by atoms with van der Waals surface area (Å²) in [6.07, 6.45) is 3.28. The van der Waals surface area contributed by atoms with E-state index in [2.05, 4.69) is 25.4 Å². The van der Waals surface area contributed by atoms with Crippen LogP contribution in [0.5, 0.6) is 0 Å². The predicted molar refractivity (Wildman–Crippen MR) is 71.0 cm³/mol. The van der Waals surface area contributed by atoms with Gasteiger partial charge in [-0.15, -0.1) is 0 Å². The number of nitrogens with one attached hydrogen (secondary N) is 1. The number of nitrogens with two attached hydrogens (primary N) is 1. The lowest BCUT2D eigenvalue weighted by Gasteiger charge is -2.07. The number of nitrogens with zero attached hydrogens (tertiary/aromatic N) is 5. The molecule has 3 rings (SSSR count). The molecule has 3 aromatic rings. The molecule has 0 aliphatic heterocycles. The number of halogens is 1. The van der Waals surface area contributed by atoms with Gasteiger partial charge in [0, 0.05) is 18.1 Å². The van der Waals surface area contributed by atoms with Crippen LogP contribution in [0.1, 0.15) is 0 Å². The molecule has 0 saturated heterocycles. The molecule has 0 saturated carbocycles. The predicted octanol–water partition coefficient (Wildman–Crippen LogP) is 1.52. The Hall–Kier alpha value is -3.03. The molecule has 2 heterocycles. The van der Waals surface area contributed by atoms with Crippen molar-refractivity contribution < 1.29 is 4.39 Å². The van der Waals surface area contributed by atoms with E-state index >= 15 is 0 Å². The fourth-order valence-electron chi connectivity index (χ4n) is 1.62. The molecule has 3 N–H and O–H groups in total. The lowest BCUT2D eigenvalue weighted by molar-refractivity contribution is 0.628. The lowest BCUT2D eigenvalue weighted by Crippen LogP contribution is -2.09. The van der Waals surface area contributed by atoms with Crippen LogP contribution in [-0.2, 0) is 0 Å². The Kier molecular flexibility index (Phi) is 2.96. The second-order valence-corrected chi connectivity index (χ2v) is 3.90. The van der Waals surface area contributed by atoms with Crippen molar-refractivity contribution in [1.82, 2.24) is 24.7 Å². The first kappa shape index (κ1) is 12.0. The van der Waals surface area contributed by atoms with Crippen LogP contribution >= 0.6 is 0 Å². The Morgan fingerprint density at radius 1 is 1.15 bits per heavy atom. The SMILES string of the molecule is Nc1nc(Nc2cccc(F)c2)nc(-n2cccn2)n1. The quantitative estimate of drug-likeness (QED) is 0.750. The van der Waals surface area contributed by atoms with Crippen LogP contribution < -0.4 is 11.1 Å². The standard InChI is InChI=1S/C12H10FN7/c13-8-3-1-4-9(7-8)16-11-17-10(14)18-12(19-11)20-6-2-5-15-20/h1-7H,(H3,14,16,17,18,19). The first-order valence-corrected chi connectivity index (χ1v) is 5.75. The van der Waals surface area contributed by atoms with Crippen molar-refractivity contribution >= 4 is 17.6 Å². The van der Waals surface area contributed by atoms with E-state index in [-0.39, 0.29) is 23.7 Å². The summed E-state index contributed by atoms with van der Waals surface area (Å²) in [7, 11) is 0. The van der Waals surface area contributed by atoms with E-state index in [9.17, 15) is 4.39 Å². The van der Waals surface area contributed by atoms with Crippen LogP contribution in [-0.4, -0.2) is 24.7 Å². The first-order valence-electron chi connectivity index (χ1n) is 5.75. The van der Waals surface area contributed by atoms with Gasteiger partial charge in [-0.3, -0.25) is 0 Å². The van der Waals surface area contributed by atoms with E-state index < -0.39 is 0 Å². The molecule has 0 unspecified atom stereocenters. The Balaban J connectivity index is 1.94. The number of hydrogen-bond acceptors (Lipinski definition) is 6. The monoisotopic (exact) mass is 271 g/mol. The van der Waals surface area contributed by atoms with Crippen LogP contribution in [0.25, 0.3) is 5.95 Å². The van der Waals surface area contributed by atoms with E-state index in [1.54, 1.807) is 30.6 Å². The van der Waals surface area contributed by atoms with Crippen LogP contribution in [0.15, 0.2) is 42.7 Å². The minimum Gasteiger partial charge on any atom is -0.368 e. The van der Waals surface area contributed by atoms with Gasteiger partial charge in [-0.1, -0.05) is 6.07 Å². The largest absolute Gasteiger partial charge is 0.368 e. The maximum atomic E-state index is 13.1. The maximum absolute atomic E-state index is 13.1. The van der Waals surface area contributed by atoms with Crippen molar-refractivity contribution in [2.24, 2.45) is 0 Å². The Morgan fingerprint density at radius 2 is 2.05 bits per heavy atom. The lowest BCUT2D eigenvalue weighted by atomic mass is 10.3. The van der Waals surface area contributed by atoms with Gasteiger partial charge in [0.15, 0.2) is 0 Å². The molecule has 0 fully saturated rings. The van der Waals surface area contributed by atoms with Crippen molar-refractivity contribution in [3.8, 4) is 5.95 Å². The normalized spacial score (nSPS) is 10.4. The van der Waals surface area contributed by atoms with E-state index in [0.717, 1.165) is 0 Å². The van der Waals surface area contributed by atoms with Crippen molar-refractivity contribution in [3.05, 3.63) is 48.5 Å². The van der Waals surface area contributed by atoms with Crippen LogP contribution in [0.4, 0.5) is 22.0 Å². The molecule has 0 atom stereocenters. The molecule has 8 heteroatoms. The third-order valence-electron chi connectivity index (χ3n) is 2.43. The number of hydrogen-bond donors (Lipinski definition) is 2. The highest BCUT2D eigenvalue weighted by Crippen LogP contribution is 2.15. The molecule has 0 aliphatic carbocycles. The van der Waals surface area contributed by atoms with Gasteiger partial charge < -0.3 is 11.1 Å². The molecule has 100 valence electrons. The summed E-state index contributed by atoms with van der Waals surface area (Å²) in [5, 5.41) is 6.87. The van der Waals surface area contributed by atoms with Gasteiger partial charge in [-0.05, 0) is 24.3 Å². The zero-order valence-electron chi connectivity index (χ0n) is 10.2. The van der Waals surface area contributed by atoms with Gasteiger partial charge in [-0.25, -0.2) is 9.07 Å². The zero-order valence-corrected chi connectivity index (χ0v) is 10.2. The zero-order chi connectivity index (χ0) is 13.9. The van der Waals surface area contributed by atoms with Crippen molar-refractivity contribution in [2.45, 2.75) is 0 Å². The van der Waals surface area contributed by atoms with Crippen LogP contribution in [0, 0.1) is 5.82 Å². The Morgan fingerprint density at radius 3 is 2.80 bits per heavy atom. The summed E-state index contributed by atoms with van der Waals surface area (Å²) in [4.78, 5) is 12.1. The first-order chi connectivity index (χ1) is 9.70. The second-order valence-electron chi connectivity index (χ2n) is 3.90. The number of benzene rings is 1. The van der Waals surface area contributed by atoms with E-state index in [0.29, 0.717) is 5.69 Å². The van der Waals surface area contributed by atoms with Crippen LogP contribution in [0.2, 0.25) is 0 Å². The van der Waals surface area contributed by atoms with E-state index in [1.807, 2.05) is 0 Å². The number of aromatic nitrogens is 5. The fraction of sp³-hybridized carbons (Fsp3) is 0. The third-order valence-corrected chi connectivity index (χ3v) is 2.43. The van der Waals surface area contributed by atoms with Gasteiger partial charge in [0.05, 0.1) is 0 Å². The smallest absolute Gasteiger partial charge is 0.257 e. The van der Waals surface area contributed by atoms with Gasteiger partial charge in [0.2, 0.25) is 11.9 Å². The van der Waals surface area contributed by atoms with E-state index in [1.165, 1.54) is 16.8 Å². The van der Waals surface area contributed by atoms with Gasteiger partial charge >= 0.3 is 0 Å². The van der Waals surface area contributed by atoms with Crippen molar-refractivity contribution in [2.75, 3.05) is 11.1 Å². The molecule has 7 nitrogen and oxygen atoms in total. The average molecular weight is 271 g/mol. The summed E-state index contributed by atoms with van der Waals surface area (Å²) in [5.74, 6) is 0.184. The molecule has 20 heavy (non-hydrogen) atoms. The summed E-state index contributed by atoms with van der Waals surface area (Å²) < 4.78 is 14.6. The molecule has 0 radical (unpaired) electrons. The molecule has 0 aliphatic rings. The van der Waals surface area contributed by atoms with Gasteiger partial charge in [0.25, 0.3) is 5.95 Å². The molecular formula is C12H10FN7. The van der Waals surface area contributed by atoms with Gasteiger partial charge in [-0.2, -0.15) is 20.1 Å². The highest BCUT2D eigenvalue weighted by Gasteiger charge is 2.07. The van der Waals surface area contributed by atoms with E-state index in [4.69, 9.17) is 5.73 Å². The number of rotatable bonds is 3. The molecule has 0 bridgehead atoms.